The predicted molar refractivity (Wildman–Crippen MR) is 80.1 cm³/mol. The molecule has 0 bridgehead atoms. The Morgan fingerprint density at radius 3 is 2.89 bits per heavy atom. The van der Waals surface area contributed by atoms with E-state index >= 15 is 0 Å². The van der Waals surface area contributed by atoms with Crippen LogP contribution in [0.5, 0.6) is 0 Å². The first kappa shape index (κ1) is 14.4. The summed E-state index contributed by atoms with van der Waals surface area (Å²) in [7, 11) is 1.74. The summed E-state index contributed by atoms with van der Waals surface area (Å²) >= 11 is 5.90. The third kappa shape index (κ3) is 3.10. The Morgan fingerprint density at radius 2 is 2.21 bits per heavy atom. The number of methoxy groups -OCH3 is 1. The van der Waals surface area contributed by atoms with E-state index in [1.807, 2.05) is 0 Å². The van der Waals surface area contributed by atoms with Gasteiger partial charge in [0.25, 0.3) is 0 Å². The third-order valence-electron chi connectivity index (χ3n) is 3.42. The van der Waals surface area contributed by atoms with Crippen LogP contribution >= 0.6 is 11.6 Å². The van der Waals surface area contributed by atoms with Gasteiger partial charge >= 0.3 is 0 Å². The SMILES string of the molecule is COCCC(C)n1c(CCCl)nc2cc(C)ccc21. The number of benzene rings is 1. The van der Waals surface area contributed by atoms with Crippen molar-refractivity contribution in [3.63, 3.8) is 0 Å². The molecule has 0 N–H and O–H groups in total. The number of rotatable bonds is 6. The molecule has 19 heavy (non-hydrogen) atoms. The van der Waals surface area contributed by atoms with Crippen LogP contribution in [0, 0.1) is 6.92 Å². The van der Waals surface area contributed by atoms with Gasteiger partial charge in [0.05, 0.1) is 11.0 Å². The van der Waals surface area contributed by atoms with E-state index < -0.39 is 0 Å². The minimum atomic E-state index is 0.367. The monoisotopic (exact) mass is 280 g/mol. The van der Waals surface area contributed by atoms with Crippen molar-refractivity contribution in [2.75, 3.05) is 19.6 Å². The first-order valence-electron chi connectivity index (χ1n) is 6.69. The lowest BCUT2D eigenvalue weighted by Crippen LogP contribution is -2.12. The Labute approximate surface area is 119 Å². The van der Waals surface area contributed by atoms with Crippen molar-refractivity contribution in [3.8, 4) is 0 Å². The molecule has 4 heteroatoms. The van der Waals surface area contributed by atoms with Crippen LogP contribution in [0.25, 0.3) is 11.0 Å². The molecule has 3 nitrogen and oxygen atoms in total. The van der Waals surface area contributed by atoms with Crippen LogP contribution in [0.4, 0.5) is 0 Å². The van der Waals surface area contributed by atoms with E-state index in [2.05, 4.69) is 36.6 Å². The molecule has 0 aliphatic heterocycles. The second-order valence-corrected chi connectivity index (χ2v) is 5.34. The summed E-state index contributed by atoms with van der Waals surface area (Å²) in [5.41, 5.74) is 3.48. The summed E-state index contributed by atoms with van der Waals surface area (Å²) < 4.78 is 7.48. The Bertz CT molecular complexity index is 550. The van der Waals surface area contributed by atoms with Crippen molar-refractivity contribution < 1.29 is 4.74 Å². The second-order valence-electron chi connectivity index (χ2n) is 4.96. The number of halogens is 1. The van der Waals surface area contributed by atoms with Crippen LogP contribution in [0.2, 0.25) is 0 Å². The van der Waals surface area contributed by atoms with Crippen LogP contribution in [-0.4, -0.2) is 29.1 Å². The minimum absolute atomic E-state index is 0.367. The second kappa shape index (κ2) is 6.40. The van der Waals surface area contributed by atoms with Crippen molar-refractivity contribution in [1.82, 2.24) is 9.55 Å². The number of alkyl halides is 1. The quantitative estimate of drug-likeness (QED) is 0.754. The smallest absolute Gasteiger partial charge is 0.111 e. The first-order chi connectivity index (χ1) is 9.17. The maximum atomic E-state index is 5.90. The van der Waals surface area contributed by atoms with Gasteiger partial charge in [-0.05, 0) is 38.0 Å². The largest absolute Gasteiger partial charge is 0.385 e. The highest BCUT2D eigenvalue weighted by molar-refractivity contribution is 6.17. The Balaban J connectivity index is 2.45. The van der Waals surface area contributed by atoms with Crippen LogP contribution in [0.15, 0.2) is 18.2 Å². The summed E-state index contributed by atoms with van der Waals surface area (Å²) in [5, 5.41) is 0. The molecule has 1 unspecified atom stereocenters. The van der Waals surface area contributed by atoms with E-state index in [1.54, 1.807) is 7.11 Å². The average molecular weight is 281 g/mol. The van der Waals surface area contributed by atoms with Gasteiger partial charge < -0.3 is 9.30 Å². The molecule has 2 rings (SSSR count). The Kier molecular flexibility index (Phi) is 4.83. The van der Waals surface area contributed by atoms with Gasteiger partial charge in [-0.25, -0.2) is 4.98 Å². The molecule has 0 amide bonds. The Hall–Kier alpha value is -1.06. The maximum Gasteiger partial charge on any atom is 0.111 e. The van der Waals surface area contributed by atoms with Gasteiger partial charge in [-0.15, -0.1) is 11.6 Å². The fourth-order valence-electron chi connectivity index (χ4n) is 2.43. The fraction of sp³-hybridized carbons (Fsp3) is 0.533. The molecule has 1 atom stereocenters. The van der Waals surface area contributed by atoms with E-state index in [0.717, 1.165) is 30.8 Å². The molecule has 0 radical (unpaired) electrons. The molecular formula is C15H21ClN2O. The molecule has 104 valence electrons. The normalized spacial score (nSPS) is 13.1. The maximum absolute atomic E-state index is 5.90. The molecule has 0 saturated heterocycles. The van der Waals surface area contributed by atoms with Gasteiger partial charge in [0.15, 0.2) is 0 Å². The van der Waals surface area contributed by atoms with Gasteiger partial charge in [0, 0.05) is 32.1 Å². The van der Waals surface area contributed by atoms with Crippen molar-refractivity contribution in [3.05, 3.63) is 29.6 Å². The molecule has 0 aliphatic carbocycles. The molecule has 2 aromatic rings. The number of aryl methyl sites for hydroxylation is 2. The van der Waals surface area contributed by atoms with E-state index in [1.165, 1.54) is 11.1 Å². The van der Waals surface area contributed by atoms with E-state index in [4.69, 9.17) is 21.3 Å². The number of aromatic nitrogens is 2. The zero-order valence-electron chi connectivity index (χ0n) is 11.8. The number of fused-ring (bicyclic) bond motifs is 1. The highest BCUT2D eigenvalue weighted by atomic mass is 35.5. The summed E-state index contributed by atoms with van der Waals surface area (Å²) in [6, 6.07) is 6.78. The van der Waals surface area contributed by atoms with Gasteiger partial charge in [-0.1, -0.05) is 6.07 Å². The van der Waals surface area contributed by atoms with Gasteiger partial charge in [0.2, 0.25) is 0 Å². The zero-order valence-corrected chi connectivity index (χ0v) is 12.6. The first-order valence-corrected chi connectivity index (χ1v) is 7.23. The lowest BCUT2D eigenvalue weighted by Gasteiger charge is -2.17. The lowest BCUT2D eigenvalue weighted by molar-refractivity contribution is 0.181. The average Bonchev–Trinajstić information content (AvgIpc) is 2.73. The highest BCUT2D eigenvalue weighted by Crippen LogP contribution is 2.24. The summed E-state index contributed by atoms with van der Waals surface area (Å²) in [5.74, 6) is 1.67. The number of ether oxygens (including phenoxy) is 1. The van der Waals surface area contributed by atoms with Crippen LogP contribution in [-0.2, 0) is 11.2 Å². The third-order valence-corrected chi connectivity index (χ3v) is 3.61. The summed E-state index contributed by atoms with van der Waals surface area (Å²) in [6.07, 6.45) is 1.78. The molecule has 0 fully saturated rings. The van der Waals surface area contributed by atoms with Crippen molar-refractivity contribution in [2.45, 2.75) is 32.7 Å². The van der Waals surface area contributed by atoms with Crippen LogP contribution < -0.4 is 0 Å². The molecule has 1 aromatic heterocycles. The molecule has 0 aliphatic rings. The number of hydrogen-bond donors (Lipinski definition) is 0. The molecule has 1 aromatic carbocycles. The van der Waals surface area contributed by atoms with Crippen LogP contribution in [0.1, 0.15) is 30.8 Å². The lowest BCUT2D eigenvalue weighted by atomic mass is 10.2. The van der Waals surface area contributed by atoms with Gasteiger partial charge in [0.1, 0.15) is 5.82 Å². The standard InChI is InChI=1S/C15H21ClN2O/c1-11-4-5-14-13(10-11)17-15(6-8-16)18(14)12(2)7-9-19-3/h4-5,10,12H,6-9H2,1-3H3. The fourth-order valence-corrected chi connectivity index (χ4v) is 2.60. The van der Waals surface area contributed by atoms with Crippen LogP contribution in [0.3, 0.4) is 0 Å². The molecule has 0 saturated carbocycles. The van der Waals surface area contributed by atoms with Gasteiger partial charge in [-0.3, -0.25) is 0 Å². The highest BCUT2D eigenvalue weighted by Gasteiger charge is 2.15. The van der Waals surface area contributed by atoms with Gasteiger partial charge in [-0.2, -0.15) is 0 Å². The van der Waals surface area contributed by atoms with E-state index in [-0.39, 0.29) is 0 Å². The number of hydrogen-bond acceptors (Lipinski definition) is 2. The Morgan fingerprint density at radius 1 is 1.42 bits per heavy atom. The zero-order chi connectivity index (χ0) is 13.8. The number of imidazole rings is 1. The molecular weight excluding hydrogens is 260 g/mol. The number of nitrogens with zero attached hydrogens (tertiary/aromatic N) is 2. The minimum Gasteiger partial charge on any atom is -0.385 e. The van der Waals surface area contributed by atoms with Crippen molar-refractivity contribution >= 4 is 22.6 Å². The summed E-state index contributed by atoms with van der Waals surface area (Å²) in [4.78, 5) is 4.73. The summed E-state index contributed by atoms with van der Waals surface area (Å²) in [6.45, 7) is 5.05. The van der Waals surface area contributed by atoms with E-state index in [9.17, 15) is 0 Å². The van der Waals surface area contributed by atoms with E-state index in [0.29, 0.717) is 11.9 Å². The molecule has 0 spiro atoms. The van der Waals surface area contributed by atoms with Crippen molar-refractivity contribution in [2.24, 2.45) is 0 Å². The molecule has 1 heterocycles. The topological polar surface area (TPSA) is 27.1 Å². The predicted octanol–water partition coefficient (Wildman–Crippen LogP) is 3.72. The van der Waals surface area contributed by atoms with Crippen molar-refractivity contribution in [1.29, 1.82) is 0 Å².